The van der Waals surface area contributed by atoms with E-state index >= 15 is 0 Å². The fraction of sp³-hybridized carbons (Fsp3) is 0.500. The number of hydrogen-bond donors (Lipinski definition) is 5. The van der Waals surface area contributed by atoms with Gasteiger partial charge < -0.3 is 26.8 Å². The van der Waals surface area contributed by atoms with E-state index in [0.717, 1.165) is 13.0 Å². The number of anilines is 4. The Morgan fingerprint density at radius 2 is 1.67 bits per heavy atom. The van der Waals surface area contributed by atoms with E-state index in [1.54, 1.807) is 7.05 Å². The number of aromatic nitrogens is 4. The maximum atomic E-state index is 8.96. The molecule has 0 aliphatic carbocycles. The number of hydrogen-bond acceptors (Lipinski definition) is 9. The molecule has 0 saturated carbocycles. The Labute approximate surface area is 122 Å². The summed E-state index contributed by atoms with van der Waals surface area (Å²) in [7, 11) is 1.73. The van der Waals surface area contributed by atoms with Crippen molar-refractivity contribution in [1.29, 1.82) is 0 Å². The van der Waals surface area contributed by atoms with Gasteiger partial charge in [-0.3, -0.25) is 0 Å². The molecule has 9 heteroatoms. The van der Waals surface area contributed by atoms with Crippen LogP contribution in [0.1, 0.15) is 13.3 Å². The smallest absolute Gasteiger partial charge is 0.225 e. The number of nitrogen functional groups attached to an aromatic ring is 1. The second kappa shape index (κ2) is 6.84. The highest BCUT2D eigenvalue weighted by Crippen LogP contribution is 2.25. The van der Waals surface area contributed by atoms with E-state index < -0.39 is 0 Å². The van der Waals surface area contributed by atoms with Gasteiger partial charge in [-0.1, -0.05) is 6.92 Å². The molecule has 2 rings (SSSR count). The van der Waals surface area contributed by atoms with Crippen molar-refractivity contribution in [3.63, 3.8) is 0 Å². The van der Waals surface area contributed by atoms with Crippen LogP contribution in [0.3, 0.4) is 0 Å². The number of rotatable bonds is 7. The summed E-state index contributed by atoms with van der Waals surface area (Å²) in [4.78, 5) is 17.1. The lowest BCUT2D eigenvalue weighted by molar-refractivity contribution is 0.311. The molecule has 2 aromatic heterocycles. The molecule has 21 heavy (non-hydrogen) atoms. The third kappa shape index (κ3) is 3.37. The summed E-state index contributed by atoms with van der Waals surface area (Å²) in [6.45, 7) is 3.16. The third-order valence-corrected chi connectivity index (χ3v) is 2.73. The zero-order valence-corrected chi connectivity index (χ0v) is 12.1. The molecule has 0 bridgehead atoms. The van der Waals surface area contributed by atoms with Gasteiger partial charge in [-0.05, 0) is 6.42 Å². The SMILES string of the molecule is CCCNc1nc(N)nc2c(NCCO)nc(NC)nc12. The summed E-state index contributed by atoms with van der Waals surface area (Å²) in [6, 6.07) is 0. The molecular weight excluding hydrogens is 272 g/mol. The Balaban J connectivity index is 2.58. The number of aliphatic hydroxyl groups excluding tert-OH is 1. The topological polar surface area (TPSA) is 134 Å². The molecular formula is C12H20N8O. The number of fused-ring (bicyclic) bond motifs is 1. The van der Waals surface area contributed by atoms with E-state index in [-0.39, 0.29) is 12.6 Å². The van der Waals surface area contributed by atoms with Crippen molar-refractivity contribution in [2.24, 2.45) is 0 Å². The Bertz CT molecular complexity index is 618. The molecule has 0 unspecified atom stereocenters. The summed E-state index contributed by atoms with van der Waals surface area (Å²) in [5.74, 6) is 1.67. The number of nitrogens with zero attached hydrogens (tertiary/aromatic N) is 4. The van der Waals surface area contributed by atoms with Gasteiger partial charge in [0.15, 0.2) is 11.6 Å². The van der Waals surface area contributed by atoms with Gasteiger partial charge in [-0.15, -0.1) is 0 Å². The lowest BCUT2D eigenvalue weighted by Gasteiger charge is -2.12. The second-order valence-electron chi connectivity index (χ2n) is 4.35. The van der Waals surface area contributed by atoms with Gasteiger partial charge in [0.1, 0.15) is 11.0 Å². The predicted molar refractivity (Wildman–Crippen MR) is 83.4 cm³/mol. The molecule has 0 aliphatic heterocycles. The van der Waals surface area contributed by atoms with Crippen molar-refractivity contribution in [1.82, 2.24) is 19.9 Å². The van der Waals surface area contributed by atoms with Gasteiger partial charge in [-0.25, -0.2) is 9.97 Å². The average molecular weight is 292 g/mol. The molecule has 9 nitrogen and oxygen atoms in total. The minimum absolute atomic E-state index is 0.0120. The zero-order chi connectivity index (χ0) is 15.2. The average Bonchev–Trinajstić information content (AvgIpc) is 2.50. The van der Waals surface area contributed by atoms with E-state index in [0.29, 0.717) is 35.2 Å². The van der Waals surface area contributed by atoms with E-state index in [2.05, 4.69) is 42.8 Å². The van der Waals surface area contributed by atoms with Crippen LogP contribution in [-0.2, 0) is 0 Å². The van der Waals surface area contributed by atoms with Crippen LogP contribution in [0, 0.1) is 0 Å². The van der Waals surface area contributed by atoms with Crippen LogP contribution in [0.2, 0.25) is 0 Å². The first kappa shape index (κ1) is 15.0. The minimum Gasteiger partial charge on any atom is -0.395 e. The van der Waals surface area contributed by atoms with E-state index in [1.807, 2.05) is 0 Å². The Kier molecular flexibility index (Phi) is 4.88. The third-order valence-electron chi connectivity index (χ3n) is 2.73. The maximum Gasteiger partial charge on any atom is 0.225 e. The van der Waals surface area contributed by atoms with E-state index in [1.165, 1.54) is 0 Å². The van der Waals surface area contributed by atoms with Crippen molar-refractivity contribution in [3.05, 3.63) is 0 Å². The fourth-order valence-electron chi connectivity index (χ4n) is 1.81. The molecule has 0 amide bonds. The summed E-state index contributed by atoms with van der Waals surface area (Å²) in [6.07, 6.45) is 0.949. The normalized spacial score (nSPS) is 10.6. The largest absolute Gasteiger partial charge is 0.395 e. The van der Waals surface area contributed by atoms with Crippen molar-refractivity contribution < 1.29 is 5.11 Å². The molecule has 6 N–H and O–H groups in total. The van der Waals surface area contributed by atoms with Gasteiger partial charge in [-0.2, -0.15) is 9.97 Å². The Morgan fingerprint density at radius 1 is 1.00 bits per heavy atom. The molecule has 2 aromatic rings. The summed E-state index contributed by atoms with van der Waals surface area (Å²) in [5, 5.41) is 18.0. The molecule has 0 aliphatic rings. The molecule has 0 atom stereocenters. The van der Waals surface area contributed by atoms with Crippen LogP contribution in [0.4, 0.5) is 23.5 Å². The molecule has 0 spiro atoms. The van der Waals surface area contributed by atoms with Crippen LogP contribution in [-0.4, -0.2) is 51.8 Å². The predicted octanol–water partition coefficient (Wildman–Crippen LogP) is 0.270. The Hall–Kier alpha value is -2.42. The first-order chi connectivity index (χ1) is 10.2. The standard InChI is InChI=1S/C12H20N8O/c1-3-4-15-9-8-7(17-11(13)19-9)10(16-5-6-21)20-12(14-2)18-8/h21H,3-6H2,1-2H3,(H3,13,15,17,19)(H2,14,16,18,20). The summed E-state index contributed by atoms with van der Waals surface area (Å²) >= 11 is 0. The molecule has 114 valence electrons. The van der Waals surface area contributed by atoms with Crippen molar-refractivity contribution in [2.45, 2.75) is 13.3 Å². The summed E-state index contributed by atoms with van der Waals surface area (Å²) < 4.78 is 0. The van der Waals surface area contributed by atoms with Crippen molar-refractivity contribution in [2.75, 3.05) is 48.4 Å². The highest BCUT2D eigenvalue weighted by Gasteiger charge is 2.14. The highest BCUT2D eigenvalue weighted by atomic mass is 16.3. The van der Waals surface area contributed by atoms with Crippen molar-refractivity contribution >= 4 is 34.6 Å². The van der Waals surface area contributed by atoms with Gasteiger partial charge in [0.05, 0.1) is 6.61 Å². The van der Waals surface area contributed by atoms with Gasteiger partial charge in [0.25, 0.3) is 0 Å². The van der Waals surface area contributed by atoms with E-state index in [9.17, 15) is 0 Å². The number of aliphatic hydroxyl groups is 1. The molecule has 0 radical (unpaired) electrons. The second-order valence-corrected chi connectivity index (χ2v) is 4.35. The fourth-order valence-corrected chi connectivity index (χ4v) is 1.81. The van der Waals surface area contributed by atoms with Gasteiger partial charge in [0.2, 0.25) is 11.9 Å². The monoisotopic (exact) mass is 292 g/mol. The van der Waals surface area contributed by atoms with Gasteiger partial charge >= 0.3 is 0 Å². The van der Waals surface area contributed by atoms with Crippen LogP contribution < -0.4 is 21.7 Å². The Morgan fingerprint density at radius 3 is 2.33 bits per heavy atom. The van der Waals surface area contributed by atoms with Crippen LogP contribution in [0.25, 0.3) is 11.0 Å². The molecule has 0 fully saturated rings. The number of nitrogens with two attached hydrogens (primary N) is 1. The minimum atomic E-state index is -0.0120. The summed E-state index contributed by atoms with van der Waals surface area (Å²) in [5.41, 5.74) is 6.86. The van der Waals surface area contributed by atoms with Crippen LogP contribution in [0.5, 0.6) is 0 Å². The van der Waals surface area contributed by atoms with Crippen LogP contribution in [0.15, 0.2) is 0 Å². The van der Waals surface area contributed by atoms with E-state index in [4.69, 9.17) is 10.8 Å². The lowest BCUT2D eigenvalue weighted by atomic mass is 10.3. The highest BCUT2D eigenvalue weighted by molar-refractivity contribution is 5.94. The number of nitrogens with one attached hydrogen (secondary N) is 3. The molecule has 0 saturated heterocycles. The van der Waals surface area contributed by atoms with Crippen LogP contribution >= 0.6 is 0 Å². The molecule has 0 aromatic carbocycles. The first-order valence-electron chi connectivity index (χ1n) is 6.81. The van der Waals surface area contributed by atoms with Gasteiger partial charge in [0, 0.05) is 20.1 Å². The lowest BCUT2D eigenvalue weighted by Crippen LogP contribution is -2.13. The quantitative estimate of drug-likeness (QED) is 0.487. The maximum absolute atomic E-state index is 8.96. The first-order valence-corrected chi connectivity index (χ1v) is 6.81. The molecule has 2 heterocycles. The van der Waals surface area contributed by atoms with Crippen molar-refractivity contribution in [3.8, 4) is 0 Å². The zero-order valence-electron chi connectivity index (χ0n) is 12.1.